The lowest BCUT2D eigenvalue weighted by Crippen LogP contribution is -2.25. The number of benzene rings is 3. The Morgan fingerprint density at radius 2 is 1.81 bits per heavy atom. The number of carboxylic acid groups (broad SMARTS) is 1. The second-order valence-corrected chi connectivity index (χ2v) is 8.40. The molecule has 3 aromatic rings. The van der Waals surface area contributed by atoms with Gasteiger partial charge >= 0.3 is 5.97 Å². The van der Waals surface area contributed by atoms with E-state index in [0.29, 0.717) is 12.3 Å². The van der Waals surface area contributed by atoms with Crippen LogP contribution in [0.3, 0.4) is 0 Å². The third-order valence-corrected chi connectivity index (χ3v) is 5.83. The Morgan fingerprint density at radius 1 is 1.06 bits per heavy atom. The van der Waals surface area contributed by atoms with Crippen molar-refractivity contribution in [2.24, 2.45) is 0 Å². The molecule has 0 heterocycles. The number of nitrogens with zero attached hydrogens (tertiary/aromatic N) is 1. The molecule has 32 heavy (non-hydrogen) atoms. The normalized spacial score (nSPS) is 10.8. The number of unbranched alkanes of at least 4 members (excludes halogenated alkanes) is 1. The van der Waals surface area contributed by atoms with Gasteiger partial charge in [0.2, 0.25) is 0 Å². The third-order valence-electron chi connectivity index (χ3n) is 5.53. The van der Waals surface area contributed by atoms with Gasteiger partial charge in [0.15, 0.2) is 6.61 Å². The molecule has 3 rings (SSSR count). The van der Waals surface area contributed by atoms with Crippen LogP contribution in [0.1, 0.15) is 36.5 Å². The molecule has 3 aromatic carbocycles. The quantitative estimate of drug-likeness (QED) is 0.364. The Kier molecular flexibility index (Phi) is 8.18. The second kappa shape index (κ2) is 11.1. The zero-order valence-electron chi connectivity index (χ0n) is 18.9. The standard InChI is InChI=1S/C27H30ClNO3/c1-4-5-15-29(17-21-11-14-25(19(2)16-21)32-18-26(30)31)27-20(3)23(12-13-24(27)28)22-9-7-6-8-10-22/h6-14,16H,4-5,15,17-18H2,1-3H3,(H,30,31). The van der Waals surface area contributed by atoms with Gasteiger partial charge in [-0.3, -0.25) is 0 Å². The van der Waals surface area contributed by atoms with E-state index in [0.717, 1.165) is 46.8 Å². The van der Waals surface area contributed by atoms with E-state index in [1.54, 1.807) is 0 Å². The van der Waals surface area contributed by atoms with Gasteiger partial charge in [-0.05, 0) is 60.2 Å². The molecule has 0 aliphatic heterocycles. The highest BCUT2D eigenvalue weighted by molar-refractivity contribution is 6.33. The Hall–Kier alpha value is -2.98. The van der Waals surface area contributed by atoms with Gasteiger partial charge in [-0.2, -0.15) is 0 Å². The molecule has 168 valence electrons. The Morgan fingerprint density at radius 3 is 2.47 bits per heavy atom. The molecule has 0 radical (unpaired) electrons. The zero-order valence-corrected chi connectivity index (χ0v) is 19.7. The summed E-state index contributed by atoms with van der Waals surface area (Å²) in [5.41, 5.74) is 6.62. The minimum Gasteiger partial charge on any atom is -0.482 e. The average molecular weight is 452 g/mol. The molecular formula is C27H30ClNO3. The molecule has 4 nitrogen and oxygen atoms in total. The van der Waals surface area contributed by atoms with Crippen molar-refractivity contribution in [2.45, 2.75) is 40.2 Å². The van der Waals surface area contributed by atoms with E-state index in [-0.39, 0.29) is 6.61 Å². The van der Waals surface area contributed by atoms with Crippen LogP contribution >= 0.6 is 11.6 Å². The van der Waals surface area contributed by atoms with Crippen molar-refractivity contribution in [3.63, 3.8) is 0 Å². The first-order valence-corrected chi connectivity index (χ1v) is 11.3. The summed E-state index contributed by atoms with van der Waals surface area (Å²) in [5.74, 6) is -0.390. The number of carboxylic acids is 1. The lowest BCUT2D eigenvalue weighted by Gasteiger charge is -2.29. The molecule has 0 atom stereocenters. The first-order chi connectivity index (χ1) is 15.4. The van der Waals surface area contributed by atoms with Crippen LogP contribution in [0.5, 0.6) is 5.75 Å². The molecular weight excluding hydrogens is 422 g/mol. The number of rotatable bonds is 10. The van der Waals surface area contributed by atoms with Gasteiger partial charge in [0.1, 0.15) is 5.75 Å². The lowest BCUT2D eigenvalue weighted by molar-refractivity contribution is -0.139. The van der Waals surface area contributed by atoms with Crippen LogP contribution in [0.25, 0.3) is 11.1 Å². The molecule has 1 N–H and O–H groups in total. The lowest BCUT2D eigenvalue weighted by atomic mass is 9.98. The van der Waals surface area contributed by atoms with E-state index in [4.69, 9.17) is 21.4 Å². The van der Waals surface area contributed by atoms with Gasteiger partial charge < -0.3 is 14.7 Å². The maximum Gasteiger partial charge on any atom is 0.341 e. The molecule has 0 aromatic heterocycles. The Balaban J connectivity index is 1.94. The Bertz CT molecular complexity index is 1070. The largest absolute Gasteiger partial charge is 0.482 e. The van der Waals surface area contributed by atoms with Crippen molar-refractivity contribution in [3.8, 4) is 16.9 Å². The van der Waals surface area contributed by atoms with E-state index < -0.39 is 5.97 Å². The van der Waals surface area contributed by atoms with Gasteiger partial charge in [-0.15, -0.1) is 0 Å². The fourth-order valence-electron chi connectivity index (χ4n) is 3.94. The number of hydrogen-bond acceptors (Lipinski definition) is 3. The molecule has 0 saturated carbocycles. The predicted octanol–water partition coefficient (Wildman–Crippen LogP) is 6.89. The van der Waals surface area contributed by atoms with E-state index in [1.807, 2.05) is 31.2 Å². The number of carbonyl (C=O) groups is 1. The van der Waals surface area contributed by atoms with E-state index in [1.165, 1.54) is 11.1 Å². The number of anilines is 1. The van der Waals surface area contributed by atoms with E-state index in [9.17, 15) is 4.79 Å². The highest BCUT2D eigenvalue weighted by Gasteiger charge is 2.17. The van der Waals surface area contributed by atoms with Gasteiger partial charge in [0.05, 0.1) is 10.7 Å². The first kappa shape index (κ1) is 23.7. The fraction of sp³-hybridized carbons (Fsp3) is 0.296. The van der Waals surface area contributed by atoms with Crippen LogP contribution in [0.4, 0.5) is 5.69 Å². The number of aliphatic carboxylic acids is 1. The minimum atomic E-state index is -0.984. The summed E-state index contributed by atoms with van der Waals surface area (Å²) in [6.07, 6.45) is 2.15. The molecule has 0 unspecified atom stereocenters. The topological polar surface area (TPSA) is 49.8 Å². The maximum atomic E-state index is 10.8. The van der Waals surface area contributed by atoms with Crippen LogP contribution < -0.4 is 9.64 Å². The van der Waals surface area contributed by atoms with Gasteiger partial charge in [0, 0.05) is 13.1 Å². The summed E-state index contributed by atoms with van der Waals surface area (Å²) >= 11 is 6.74. The molecule has 0 amide bonds. The van der Waals surface area contributed by atoms with Gasteiger partial charge in [0.25, 0.3) is 0 Å². The van der Waals surface area contributed by atoms with Crippen molar-refractivity contribution in [2.75, 3.05) is 18.1 Å². The third kappa shape index (κ3) is 5.83. The van der Waals surface area contributed by atoms with E-state index in [2.05, 4.69) is 55.1 Å². The summed E-state index contributed by atoms with van der Waals surface area (Å²) < 4.78 is 5.38. The van der Waals surface area contributed by atoms with Crippen LogP contribution in [0.15, 0.2) is 60.7 Å². The van der Waals surface area contributed by atoms with Crippen molar-refractivity contribution >= 4 is 23.3 Å². The zero-order chi connectivity index (χ0) is 23.1. The number of halogens is 1. The molecule has 0 fully saturated rings. The molecule has 0 saturated heterocycles. The molecule has 0 aliphatic carbocycles. The fourth-order valence-corrected chi connectivity index (χ4v) is 4.26. The Labute approximate surface area is 195 Å². The van der Waals surface area contributed by atoms with E-state index >= 15 is 0 Å². The smallest absolute Gasteiger partial charge is 0.341 e. The summed E-state index contributed by atoms with van der Waals surface area (Å²) in [4.78, 5) is 13.2. The SMILES string of the molecule is CCCCN(Cc1ccc(OCC(=O)O)c(C)c1)c1c(Cl)ccc(-c2ccccc2)c1C. The van der Waals surface area contributed by atoms with Crippen molar-refractivity contribution in [3.05, 3.63) is 82.4 Å². The maximum absolute atomic E-state index is 10.8. The summed E-state index contributed by atoms with van der Waals surface area (Å²) in [6, 6.07) is 20.3. The van der Waals surface area contributed by atoms with Crippen LogP contribution in [0.2, 0.25) is 5.02 Å². The number of hydrogen-bond donors (Lipinski definition) is 1. The van der Waals surface area contributed by atoms with Gasteiger partial charge in [-0.1, -0.05) is 73.5 Å². The van der Waals surface area contributed by atoms with Crippen molar-refractivity contribution in [1.29, 1.82) is 0 Å². The monoisotopic (exact) mass is 451 g/mol. The molecule has 0 spiro atoms. The summed E-state index contributed by atoms with van der Waals surface area (Å²) in [6.45, 7) is 7.52. The van der Waals surface area contributed by atoms with Crippen molar-refractivity contribution in [1.82, 2.24) is 0 Å². The van der Waals surface area contributed by atoms with Crippen molar-refractivity contribution < 1.29 is 14.6 Å². The summed E-state index contributed by atoms with van der Waals surface area (Å²) in [7, 11) is 0. The minimum absolute atomic E-state index is 0.343. The number of aryl methyl sites for hydroxylation is 1. The highest BCUT2D eigenvalue weighted by atomic mass is 35.5. The second-order valence-electron chi connectivity index (χ2n) is 7.99. The number of ether oxygens (including phenoxy) is 1. The van der Waals surface area contributed by atoms with Crippen LogP contribution in [0, 0.1) is 13.8 Å². The van der Waals surface area contributed by atoms with Crippen LogP contribution in [-0.4, -0.2) is 24.2 Å². The van der Waals surface area contributed by atoms with Gasteiger partial charge in [-0.25, -0.2) is 4.79 Å². The summed E-state index contributed by atoms with van der Waals surface area (Å²) in [5, 5.41) is 9.61. The molecule has 5 heteroatoms. The first-order valence-electron chi connectivity index (χ1n) is 10.9. The van der Waals surface area contributed by atoms with Crippen LogP contribution in [-0.2, 0) is 11.3 Å². The molecule has 0 bridgehead atoms. The average Bonchev–Trinajstić information content (AvgIpc) is 2.77. The highest BCUT2D eigenvalue weighted by Crippen LogP contribution is 2.37. The predicted molar refractivity (Wildman–Crippen MR) is 132 cm³/mol. The molecule has 0 aliphatic rings.